The number of aromatic amines is 1. The molecule has 4 heterocycles. The average Bonchev–Trinajstić information content (AvgIpc) is 4.29. The van der Waals surface area contributed by atoms with E-state index in [1.54, 1.807) is 22.4 Å². The van der Waals surface area contributed by atoms with Crippen LogP contribution < -0.4 is 0 Å². The minimum atomic E-state index is -0.970. The van der Waals surface area contributed by atoms with E-state index >= 15 is 0 Å². The lowest BCUT2D eigenvalue weighted by molar-refractivity contribution is -0.193. The molecule has 9 rings (SSSR count). The fourth-order valence-corrected chi connectivity index (χ4v) is 9.31. The maximum Gasteiger partial charge on any atom is 0.373 e. The molecular weight excluding hydrogens is 1110 g/mol. The van der Waals surface area contributed by atoms with Crippen molar-refractivity contribution in [1.29, 1.82) is 0 Å². The highest BCUT2D eigenvalue weighted by molar-refractivity contribution is 14.1. The Labute approximate surface area is 475 Å². The van der Waals surface area contributed by atoms with Crippen molar-refractivity contribution in [2.45, 2.75) is 125 Å². The summed E-state index contributed by atoms with van der Waals surface area (Å²) in [4.78, 5) is 42.2. The number of hydrogen-bond donors (Lipinski definition) is 3. The number of hydrogen-bond acceptors (Lipinski definition) is 14. The number of H-pyrrole nitrogens is 1. The molecule has 2 radical (unpaired) electrons. The lowest BCUT2D eigenvalue weighted by Crippen LogP contribution is -2.19. The average molecular weight is 1180 g/mol. The molecular formula is C59H66BIN12O6. The molecule has 0 atom stereocenters. The molecule has 9 aromatic rings. The number of nitrogens with zero attached hydrogens (tertiary/aromatic N) is 11. The van der Waals surface area contributed by atoms with Crippen LogP contribution in [-0.4, -0.2) is 88.2 Å². The predicted octanol–water partition coefficient (Wildman–Crippen LogP) is 9.90. The summed E-state index contributed by atoms with van der Waals surface area (Å²) in [6.45, 7) is 17.9. The van der Waals surface area contributed by atoms with Gasteiger partial charge in [0.2, 0.25) is 5.82 Å². The fraction of sp³-hybridized carbons (Fsp3) is 0.322. The molecule has 0 saturated heterocycles. The van der Waals surface area contributed by atoms with Crippen LogP contribution in [-0.2, 0) is 75.7 Å². The van der Waals surface area contributed by atoms with E-state index in [1.165, 1.54) is 11.1 Å². The maximum atomic E-state index is 10.8. The van der Waals surface area contributed by atoms with Gasteiger partial charge in [-0.05, 0) is 108 Å². The monoisotopic (exact) mass is 1180 g/mol. The topological polar surface area (TPSA) is 242 Å². The van der Waals surface area contributed by atoms with Gasteiger partial charge in [0.25, 0.3) is 0 Å². The Kier molecular flexibility index (Phi) is 23.8. The van der Waals surface area contributed by atoms with Gasteiger partial charge in [0, 0.05) is 48.4 Å². The van der Waals surface area contributed by atoms with Gasteiger partial charge in [0.05, 0.1) is 17.9 Å². The Bertz CT molecular complexity index is 3340. The Balaban J connectivity index is 0.000000261. The number of halogens is 1. The van der Waals surface area contributed by atoms with E-state index in [9.17, 15) is 10.2 Å². The number of benzene rings is 5. The highest BCUT2D eigenvalue weighted by atomic mass is 127. The summed E-state index contributed by atoms with van der Waals surface area (Å²) in [6.07, 6.45) is 5.93. The highest BCUT2D eigenvalue weighted by Crippen LogP contribution is 2.34. The second-order valence-electron chi connectivity index (χ2n) is 19.2. The third-order valence-corrected chi connectivity index (χ3v) is 12.7. The zero-order chi connectivity index (χ0) is 57.5. The zero-order valence-corrected chi connectivity index (χ0v) is 48.0. The minimum absolute atomic E-state index is 0.250. The fourth-order valence-electron chi connectivity index (χ4n) is 9.31. The summed E-state index contributed by atoms with van der Waals surface area (Å²) < 4.78 is 6.42. The second kappa shape index (κ2) is 30.3. The van der Waals surface area contributed by atoms with Crippen LogP contribution in [0.4, 0.5) is 0 Å². The smallest absolute Gasteiger partial charge is 0.373 e. The van der Waals surface area contributed by atoms with Crippen LogP contribution in [0.3, 0.4) is 0 Å². The third kappa shape index (κ3) is 16.3. The number of tetrazole rings is 2. The number of carbonyl (C=O) groups excluding carboxylic acids is 4. The normalized spacial score (nSPS) is 10.8. The lowest BCUT2D eigenvalue weighted by Gasteiger charge is -2.18. The maximum absolute atomic E-state index is 10.8. The molecule has 0 bridgehead atoms. The standard InChI is InChI=1S/C32H36N6O.C25H30N6O.2CO2.BI/c1-5-12-29-33-30(32(3,4)39)28(6-2)37(29)21-24-17-19-25(20-18-24)26-15-10-11-16-27(26)31-34-35-36-38(31)22-23-13-8-7-9-14-23;1-5-9-22-26-23(25(3,4)32)21(6-2)31(22)16-17-12-14-18(15-13-17)19-10-7-8-11-20(19)24-27-29-30-28-24;2*2-1-3;1-2/h7-11,13-20,39H,5-6,12,21-22H2,1-4H3;7-8,10-15,32H,5-6,9,16H2,1-4H3,(H,27,28,29,30);;;. The van der Waals surface area contributed by atoms with Crippen molar-refractivity contribution in [2.75, 3.05) is 0 Å². The minimum Gasteiger partial charge on any atom is -0.384 e. The van der Waals surface area contributed by atoms with Gasteiger partial charge in [-0.2, -0.15) is 46.8 Å². The van der Waals surface area contributed by atoms with E-state index in [2.05, 4.69) is 158 Å². The van der Waals surface area contributed by atoms with Crippen molar-refractivity contribution in [3.63, 3.8) is 0 Å². The molecule has 79 heavy (non-hydrogen) atoms. The molecule has 0 amide bonds. The first-order chi connectivity index (χ1) is 38.1. The van der Waals surface area contributed by atoms with Gasteiger partial charge in [0.1, 0.15) is 22.9 Å². The Morgan fingerprint density at radius 3 is 1.35 bits per heavy atom. The molecule has 0 aliphatic rings. The molecule has 0 spiro atoms. The van der Waals surface area contributed by atoms with E-state index in [4.69, 9.17) is 29.1 Å². The quantitative estimate of drug-likeness (QED) is 0.0535. The SMILES string of the molecule is CCCc1nc(C(C)(C)O)c(CC)n1Cc1ccc(-c2ccccc2-c2nn[nH]n2)cc1.CCCc1nc(C(C)(C)O)c(CC)n1Cc1ccc(-c2ccccc2-c2nnnn2Cc2ccccc2)cc1.O=C=O.O=C=O.[B]I. The first-order valence-corrected chi connectivity index (χ1v) is 27.1. The number of rotatable bonds is 18. The molecule has 0 saturated carbocycles. The summed E-state index contributed by atoms with van der Waals surface area (Å²) in [7, 11) is 0. The van der Waals surface area contributed by atoms with Gasteiger partial charge in [-0.1, -0.05) is 155 Å². The molecule has 18 nitrogen and oxygen atoms in total. The molecule has 5 aromatic carbocycles. The highest BCUT2D eigenvalue weighted by Gasteiger charge is 2.28. The Morgan fingerprint density at radius 1 is 0.544 bits per heavy atom. The lowest BCUT2D eigenvalue weighted by atomic mass is 9.98. The summed E-state index contributed by atoms with van der Waals surface area (Å²) >= 11 is 1.65. The number of nitrogens with one attached hydrogen (secondary N) is 1. The van der Waals surface area contributed by atoms with Crippen molar-refractivity contribution in [1.82, 2.24) is 59.9 Å². The van der Waals surface area contributed by atoms with E-state index in [1.807, 2.05) is 80.9 Å². The second-order valence-corrected chi connectivity index (χ2v) is 19.2. The third-order valence-electron chi connectivity index (χ3n) is 12.7. The summed E-state index contributed by atoms with van der Waals surface area (Å²) in [5, 5.41) is 48.5. The van der Waals surface area contributed by atoms with Crippen LogP contribution in [0.1, 0.15) is 119 Å². The van der Waals surface area contributed by atoms with E-state index in [-0.39, 0.29) is 12.3 Å². The predicted molar refractivity (Wildman–Crippen MR) is 309 cm³/mol. The van der Waals surface area contributed by atoms with Gasteiger partial charge >= 0.3 is 12.3 Å². The Hall–Kier alpha value is -7.87. The summed E-state index contributed by atoms with van der Waals surface area (Å²) in [6, 6.07) is 43.8. The van der Waals surface area contributed by atoms with Gasteiger partial charge < -0.3 is 19.3 Å². The summed E-state index contributed by atoms with van der Waals surface area (Å²) in [5.74, 6) is 3.39. The van der Waals surface area contributed by atoms with E-state index in [0.29, 0.717) is 12.4 Å². The van der Waals surface area contributed by atoms with Crippen LogP contribution in [0.2, 0.25) is 0 Å². The molecule has 4 aromatic heterocycles. The van der Waals surface area contributed by atoms with E-state index in [0.717, 1.165) is 131 Å². The van der Waals surface area contributed by atoms with Crippen molar-refractivity contribution in [2.24, 2.45) is 0 Å². The zero-order valence-electron chi connectivity index (χ0n) is 45.9. The number of aryl methyl sites for hydroxylation is 2. The first kappa shape index (κ1) is 62.0. The molecule has 408 valence electrons. The Morgan fingerprint density at radius 2 is 0.949 bits per heavy atom. The first-order valence-electron chi connectivity index (χ1n) is 25.9. The van der Waals surface area contributed by atoms with Crippen LogP contribution in [0, 0.1) is 0 Å². The summed E-state index contributed by atoms with van der Waals surface area (Å²) in [5.41, 5.74) is 16.1. The van der Waals surface area contributed by atoms with Crippen molar-refractivity contribution in [3.8, 4) is 45.0 Å². The number of aromatic nitrogens is 12. The van der Waals surface area contributed by atoms with Gasteiger partial charge in [-0.25, -0.2) is 14.6 Å². The molecule has 20 heteroatoms. The van der Waals surface area contributed by atoms with Crippen molar-refractivity contribution >= 4 is 40.4 Å². The van der Waals surface area contributed by atoms with Crippen LogP contribution in [0.15, 0.2) is 127 Å². The van der Waals surface area contributed by atoms with Crippen molar-refractivity contribution in [3.05, 3.63) is 179 Å². The van der Waals surface area contributed by atoms with Crippen molar-refractivity contribution < 1.29 is 29.4 Å². The van der Waals surface area contributed by atoms with Gasteiger partial charge in [0.15, 0.2) is 11.5 Å². The van der Waals surface area contributed by atoms with Crippen LogP contribution in [0.5, 0.6) is 0 Å². The molecule has 0 fully saturated rings. The molecule has 0 unspecified atom stereocenters. The number of imidazole rings is 2. The molecule has 3 N–H and O–H groups in total. The van der Waals surface area contributed by atoms with Crippen LogP contribution in [0.25, 0.3) is 45.0 Å². The molecule has 0 aliphatic carbocycles. The largest absolute Gasteiger partial charge is 0.384 e. The van der Waals surface area contributed by atoms with Gasteiger partial charge in [-0.15, -0.1) is 15.3 Å². The molecule has 0 aliphatic heterocycles. The van der Waals surface area contributed by atoms with Gasteiger partial charge in [-0.3, -0.25) is 0 Å². The number of aliphatic hydroxyl groups is 2. The van der Waals surface area contributed by atoms with E-state index < -0.39 is 11.2 Å². The van der Waals surface area contributed by atoms with Crippen LogP contribution >= 0.6 is 22.4 Å².